The summed E-state index contributed by atoms with van der Waals surface area (Å²) in [5.74, 6) is 0. The molecule has 7 aromatic rings. The molecule has 222 valence electrons. The van der Waals surface area contributed by atoms with Crippen LogP contribution in [-0.4, -0.2) is 0 Å². The van der Waals surface area contributed by atoms with Crippen molar-refractivity contribution in [2.24, 2.45) is 5.73 Å². The van der Waals surface area contributed by atoms with E-state index in [0.717, 1.165) is 5.56 Å². The highest BCUT2D eigenvalue weighted by atomic mass is 14.5. The zero-order chi connectivity index (χ0) is 31.2. The molecular weight excluding hydrogens is 555 g/mol. The van der Waals surface area contributed by atoms with Gasteiger partial charge in [0.05, 0.1) is 10.8 Å². The molecule has 7 aromatic carbocycles. The number of hydrogen-bond acceptors (Lipinski definition) is 1. The van der Waals surface area contributed by atoms with Gasteiger partial charge in [-0.1, -0.05) is 200 Å². The van der Waals surface area contributed by atoms with Gasteiger partial charge in [-0.25, -0.2) is 0 Å². The zero-order valence-electron chi connectivity index (χ0n) is 25.8. The monoisotopic (exact) mass is 591 g/mol. The van der Waals surface area contributed by atoms with Gasteiger partial charge in [-0.15, -0.1) is 0 Å². The highest BCUT2D eigenvalue weighted by molar-refractivity contribution is 5.65. The Labute approximate surface area is 272 Å². The molecule has 0 amide bonds. The maximum atomic E-state index is 6.81. The molecule has 0 unspecified atom stereocenters. The molecule has 0 saturated heterocycles. The summed E-state index contributed by atoms with van der Waals surface area (Å²) in [5, 5.41) is 0. The van der Waals surface area contributed by atoms with Crippen LogP contribution in [0.25, 0.3) is 0 Å². The smallest absolute Gasteiger partial charge is 0.0704 e. The van der Waals surface area contributed by atoms with Crippen LogP contribution in [-0.2, 0) is 17.4 Å². The largest absolute Gasteiger partial charge is 0.326 e. The Morgan fingerprint density at radius 3 is 0.870 bits per heavy atom. The summed E-state index contributed by atoms with van der Waals surface area (Å²) in [7, 11) is 0. The first kappa shape index (κ1) is 29.2. The van der Waals surface area contributed by atoms with Gasteiger partial charge >= 0.3 is 0 Å². The summed E-state index contributed by atoms with van der Waals surface area (Å²) in [5.41, 5.74) is 16.4. The summed E-state index contributed by atoms with van der Waals surface area (Å²) < 4.78 is 0. The Balaban J connectivity index is 1.58. The van der Waals surface area contributed by atoms with Gasteiger partial charge < -0.3 is 5.73 Å². The highest BCUT2D eigenvalue weighted by Gasteiger charge is 2.42. The molecule has 0 radical (unpaired) electrons. The van der Waals surface area contributed by atoms with Crippen LogP contribution in [0.2, 0.25) is 0 Å². The summed E-state index contributed by atoms with van der Waals surface area (Å²) in [4.78, 5) is 0. The van der Waals surface area contributed by atoms with E-state index in [-0.39, 0.29) is 0 Å². The third kappa shape index (κ3) is 4.86. The lowest BCUT2D eigenvalue weighted by Crippen LogP contribution is -2.34. The van der Waals surface area contributed by atoms with Gasteiger partial charge in [0.1, 0.15) is 0 Å². The Morgan fingerprint density at radius 1 is 0.304 bits per heavy atom. The van der Waals surface area contributed by atoms with Crippen LogP contribution in [0.15, 0.2) is 200 Å². The quantitative estimate of drug-likeness (QED) is 0.166. The van der Waals surface area contributed by atoms with Crippen molar-refractivity contribution >= 4 is 0 Å². The topological polar surface area (TPSA) is 26.0 Å². The fourth-order valence-corrected chi connectivity index (χ4v) is 7.46. The third-order valence-electron chi connectivity index (χ3n) is 9.40. The molecule has 0 spiro atoms. The molecule has 1 heteroatoms. The lowest BCUT2D eigenvalue weighted by Gasteiger charge is -2.40. The van der Waals surface area contributed by atoms with E-state index >= 15 is 0 Å². The highest BCUT2D eigenvalue weighted by Crippen LogP contribution is 2.49. The molecule has 0 heterocycles. The van der Waals surface area contributed by atoms with Crippen molar-refractivity contribution < 1.29 is 0 Å². The summed E-state index contributed by atoms with van der Waals surface area (Å²) in [6.45, 7) is 0.395. The molecule has 0 aliphatic heterocycles. The average molecular weight is 592 g/mol. The molecule has 0 aliphatic carbocycles. The lowest BCUT2D eigenvalue weighted by molar-refractivity contribution is 0.715. The van der Waals surface area contributed by atoms with Crippen molar-refractivity contribution in [1.82, 2.24) is 0 Å². The minimum Gasteiger partial charge on any atom is -0.326 e. The van der Waals surface area contributed by atoms with Gasteiger partial charge in [0.15, 0.2) is 0 Å². The SMILES string of the molecule is NCc1cc(C(c2ccccc2)(c2ccccc2)c2ccccc2)ccc1C(c1ccccc1)(c1ccccc1)c1ccccc1. The number of rotatable bonds is 9. The number of hydrogen-bond donors (Lipinski definition) is 1. The van der Waals surface area contributed by atoms with Crippen LogP contribution >= 0.6 is 0 Å². The fourth-order valence-electron chi connectivity index (χ4n) is 7.46. The number of benzene rings is 7. The Morgan fingerprint density at radius 2 is 0.587 bits per heavy atom. The molecule has 0 fully saturated rings. The van der Waals surface area contributed by atoms with E-state index in [1.54, 1.807) is 0 Å². The van der Waals surface area contributed by atoms with Crippen LogP contribution in [0.1, 0.15) is 50.1 Å². The maximum Gasteiger partial charge on any atom is 0.0704 e. The molecule has 46 heavy (non-hydrogen) atoms. The molecule has 2 N–H and O–H groups in total. The molecule has 0 saturated carbocycles. The predicted molar refractivity (Wildman–Crippen MR) is 191 cm³/mol. The summed E-state index contributed by atoms with van der Waals surface area (Å²) in [6, 6.07) is 72.2. The van der Waals surface area contributed by atoms with Gasteiger partial charge in [-0.2, -0.15) is 0 Å². The maximum absolute atomic E-state index is 6.81. The molecule has 0 aromatic heterocycles. The standard InChI is InChI=1S/C45H37N/c46-34-35-33-42(44(36-19-7-1-8-20-36,37-21-9-2-10-22-37)38-23-11-3-12-24-38)31-32-43(35)45(39-25-13-4-14-26-39,40-27-15-5-16-28-40)41-29-17-6-18-30-41/h1-33H,34,46H2. The van der Waals surface area contributed by atoms with Gasteiger partial charge in [0, 0.05) is 6.54 Å². The van der Waals surface area contributed by atoms with Crippen molar-refractivity contribution in [3.63, 3.8) is 0 Å². The van der Waals surface area contributed by atoms with E-state index in [0.29, 0.717) is 6.54 Å². The normalized spacial score (nSPS) is 11.7. The molecule has 0 atom stereocenters. The Bertz CT molecular complexity index is 1790. The fraction of sp³-hybridized carbons (Fsp3) is 0.0667. The van der Waals surface area contributed by atoms with Crippen molar-refractivity contribution in [2.45, 2.75) is 17.4 Å². The first-order valence-corrected chi connectivity index (χ1v) is 16.0. The van der Waals surface area contributed by atoms with Crippen molar-refractivity contribution in [3.05, 3.63) is 250 Å². The van der Waals surface area contributed by atoms with Gasteiger partial charge in [0.2, 0.25) is 0 Å². The minimum atomic E-state index is -0.577. The second-order valence-corrected chi connectivity index (χ2v) is 11.8. The van der Waals surface area contributed by atoms with Crippen LogP contribution in [0, 0.1) is 0 Å². The van der Waals surface area contributed by atoms with E-state index in [4.69, 9.17) is 5.73 Å². The van der Waals surface area contributed by atoms with E-state index in [2.05, 4.69) is 200 Å². The molecule has 1 nitrogen and oxygen atoms in total. The summed E-state index contributed by atoms with van der Waals surface area (Å²) in [6.07, 6.45) is 0. The van der Waals surface area contributed by atoms with E-state index < -0.39 is 10.8 Å². The van der Waals surface area contributed by atoms with Crippen LogP contribution in [0.3, 0.4) is 0 Å². The van der Waals surface area contributed by atoms with E-state index in [1.165, 1.54) is 44.5 Å². The molecular formula is C45H37N. The van der Waals surface area contributed by atoms with Gasteiger partial charge in [-0.05, 0) is 50.1 Å². The number of nitrogens with two attached hydrogens (primary N) is 1. The first-order chi connectivity index (χ1) is 22.8. The van der Waals surface area contributed by atoms with Crippen LogP contribution < -0.4 is 5.73 Å². The lowest BCUT2D eigenvalue weighted by atomic mass is 9.61. The Hall–Kier alpha value is -5.50. The molecule has 0 bridgehead atoms. The molecule has 7 rings (SSSR count). The summed E-state index contributed by atoms with van der Waals surface area (Å²) >= 11 is 0. The van der Waals surface area contributed by atoms with Crippen molar-refractivity contribution in [1.29, 1.82) is 0 Å². The van der Waals surface area contributed by atoms with E-state index in [9.17, 15) is 0 Å². The first-order valence-electron chi connectivity index (χ1n) is 16.0. The second kappa shape index (κ2) is 12.9. The predicted octanol–water partition coefficient (Wildman–Crippen LogP) is 9.91. The second-order valence-electron chi connectivity index (χ2n) is 11.8. The average Bonchev–Trinajstić information content (AvgIpc) is 3.15. The Kier molecular flexibility index (Phi) is 8.16. The van der Waals surface area contributed by atoms with Crippen molar-refractivity contribution in [3.8, 4) is 0 Å². The van der Waals surface area contributed by atoms with Crippen LogP contribution in [0.5, 0.6) is 0 Å². The minimum absolute atomic E-state index is 0.395. The van der Waals surface area contributed by atoms with Crippen LogP contribution in [0.4, 0.5) is 0 Å². The zero-order valence-corrected chi connectivity index (χ0v) is 25.8. The van der Waals surface area contributed by atoms with E-state index in [1.807, 2.05) is 0 Å². The molecule has 0 aliphatic rings. The third-order valence-corrected chi connectivity index (χ3v) is 9.40. The van der Waals surface area contributed by atoms with Crippen molar-refractivity contribution in [2.75, 3.05) is 0 Å². The van der Waals surface area contributed by atoms with Gasteiger partial charge in [0.25, 0.3) is 0 Å². The van der Waals surface area contributed by atoms with Gasteiger partial charge in [-0.3, -0.25) is 0 Å².